The summed E-state index contributed by atoms with van der Waals surface area (Å²) in [5.74, 6) is 1.66. The lowest BCUT2D eigenvalue weighted by Crippen LogP contribution is -2.38. The summed E-state index contributed by atoms with van der Waals surface area (Å²) in [6, 6.07) is 0. The van der Waals surface area contributed by atoms with Crippen molar-refractivity contribution in [2.45, 2.75) is 40.0 Å². The lowest BCUT2D eigenvalue weighted by molar-refractivity contribution is -0.126. The van der Waals surface area contributed by atoms with Gasteiger partial charge >= 0.3 is 0 Å². The van der Waals surface area contributed by atoms with Crippen LogP contribution in [0, 0.1) is 17.3 Å². The summed E-state index contributed by atoms with van der Waals surface area (Å²) in [6.45, 7) is 6.35. The van der Waals surface area contributed by atoms with E-state index in [9.17, 15) is 4.79 Å². The van der Waals surface area contributed by atoms with E-state index in [-0.39, 0.29) is 5.41 Å². The molecule has 0 heterocycles. The molecule has 1 heteroatoms. The number of hydrogen-bond acceptors (Lipinski definition) is 1. The van der Waals surface area contributed by atoms with Gasteiger partial charge in [0.1, 0.15) is 0 Å². The number of ketones is 1. The topological polar surface area (TPSA) is 17.1 Å². The van der Waals surface area contributed by atoms with Crippen molar-refractivity contribution < 1.29 is 4.79 Å². The third kappa shape index (κ3) is 1.17. The predicted octanol–water partition coefficient (Wildman–Crippen LogP) is 2.96. The molecule has 0 N–H and O–H groups in total. The fourth-order valence-corrected chi connectivity index (χ4v) is 3.05. The number of fused-ring (bicyclic) bond motifs is 1. The van der Waals surface area contributed by atoms with Gasteiger partial charge in [-0.3, -0.25) is 4.79 Å². The molecule has 2 aliphatic rings. The van der Waals surface area contributed by atoms with E-state index in [1.54, 1.807) is 0 Å². The molecular weight excluding hydrogens is 160 g/mol. The summed E-state index contributed by atoms with van der Waals surface area (Å²) in [5.41, 5.74) is 1.23. The Kier molecular flexibility index (Phi) is 1.86. The van der Waals surface area contributed by atoms with Crippen LogP contribution in [0.25, 0.3) is 0 Å². The number of carbonyl (C=O) groups excluding carboxylic acids is 1. The molecule has 0 aromatic carbocycles. The first-order valence-corrected chi connectivity index (χ1v) is 5.26. The van der Waals surface area contributed by atoms with Gasteiger partial charge in [-0.2, -0.15) is 0 Å². The maximum Gasteiger partial charge on any atom is 0.161 e. The van der Waals surface area contributed by atoms with E-state index in [1.807, 2.05) is 6.08 Å². The fraction of sp³-hybridized carbons (Fsp3) is 0.750. The van der Waals surface area contributed by atoms with Crippen LogP contribution in [0.15, 0.2) is 11.6 Å². The summed E-state index contributed by atoms with van der Waals surface area (Å²) in [6.07, 6.45) is 5.72. The Morgan fingerprint density at radius 2 is 2.08 bits per heavy atom. The van der Waals surface area contributed by atoms with Crippen molar-refractivity contribution in [3.63, 3.8) is 0 Å². The van der Waals surface area contributed by atoms with E-state index < -0.39 is 0 Å². The number of rotatable bonds is 0. The van der Waals surface area contributed by atoms with Gasteiger partial charge in [0.2, 0.25) is 0 Å². The minimum atomic E-state index is -0.0966. The van der Waals surface area contributed by atoms with Gasteiger partial charge < -0.3 is 0 Å². The second-order valence-electron chi connectivity index (χ2n) is 5.12. The smallest absolute Gasteiger partial charge is 0.161 e. The van der Waals surface area contributed by atoms with Gasteiger partial charge in [0.25, 0.3) is 0 Å². The van der Waals surface area contributed by atoms with E-state index in [0.717, 1.165) is 0 Å². The average Bonchev–Trinajstić information content (AvgIpc) is 2.49. The lowest BCUT2D eigenvalue weighted by Gasteiger charge is -2.38. The van der Waals surface area contributed by atoms with Gasteiger partial charge in [0.05, 0.1) is 0 Å². The first kappa shape index (κ1) is 8.98. The van der Waals surface area contributed by atoms with Gasteiger partial charge in [-0.1, -0.05) is 25.8 Å². The van der Waals surface area contributed by atoms with E-state index in [1.165, 1.54) is 24.8 Å². The molecular formula is C12H18O. The molecule has 0 spiro atoms. The molecule has 72 valence electrons. The maximum absolute atomic E-state index is 11.8. The summed E-state index contributed by atoms with van der Waals surface area (Å²) in [4.78, 5) is 11.8. The molecule has 2 aliphatic carbocycles. The highest BCUT2D eigenvalue weighted by molar-refractivity contribution is 5.96. The Balaban J connectivity index is 2.41. The Labute approximate surface area is 80.2 Å². The van der Waals surface area contributed by atoms with Crippen molar-refractivity contribution in [2.24, 2.45) is 17.3 Å². The van der Waals surface area contributed by atoms with Crippen LogP contribution in [-0.2, 0) is 4.79 Å². The molecule has 0 radical (unpaired) electrons. The SMILES string of the molecule is CC1=CC(=O)C(C)(C)[C@@H]2CCC[C@H]12. The van der Waals surface area contributed by atoms with Crippen molar-refractivity contribution in [1.29, 1.82) is 0 Å². The summed E-state index contributed by atoms with van der Waals surface area (Å²) < 4.78 is 0. The van der Waals surface area contributed by atoms with Crippen LogP contribution >= 0.6 is 0 Å². The molecule has 0 bridgehead atoms. The number of hydrogen-bond donors (Lipinski definition) is 0. The first-order chi connectivity index (χ1) is 6.03. The molecule has 0 saturated heterocycles. The number of carbonyl (C=O) groups is 1. The molecule has 1 nitrogen and oxygen atoms in total. The van der Waals surface area contributed by atoms with Gasteiger partial charge in [-0.05, 0) is 37.7 Å². The summed E-state index contributed by atoms with van der Waals surface area (Å²) >= 11 is 0. The molecule has 0 amide bonds. The highest BCUT2D eigenvalue weighted by Gasteiger charge is 2.45. The highest BCUT2D eigenvalue weighted by atomic mass is 16.1. The van der Waals surface area contributed by atoms with E-state index in [2.05, 4.69) is 20.8 Å². The quantitative estimate of drug-likeness (QED) is 0.557. The van der Waals surface area contributed by atoms with Crippen LogP contribution in [0.3, 0.4) is 0 Å². The minimum absolute atomic E-state index is 0.0966. The van der Waals surface area contributed by atoms with Crippen molar-refractivity contribution >= 4 is 5.78 Å². The second-order valence-corrected chi connectivity index (χ2v) is 5.12. The lowest BCUT2D eigenvalue weighted by atomic mass is 9.65. The minimum Gasteiger partial charge on any atom is -0.294 e. The van der Waals surface area contributed by atoms with Crippen LogP contribution < -0.4 is 0 Å². The molecule has 0 unspecified atom stereocenters. The highest BCUT2D eigenvalue weighted by Crippen LogP contribution is 2.50. The molecule has 0 aliphatic heterocycles. The maximum atomic E-state index is 11.8. The van der Waals surface area contributed by atoms with E-state index in [0.29, 0.717) is 17.6 Å². The zero-order valence-corrected chi connectivity index (χ0v) is 8.76. The van der Waals surface area contributed by atoms with Crippen molar-refractivity contribution in [2.75, 3.05) is 0 Å². The molecule has 2 rings (SSSR count). The molecule has 0 aromatic heterocycles. The Hall–Kier alpha value is -0.590. The standard InChI is InChI=1S/C12H18O/c1-8-7-11(13)12(2,3)10-6-4-5-9(8)10/h7,9-10H,4-6H2,1-3H3/t9-,10-/m1/s1. The van der Waals surface area contributed by atoms with Crippen molar-refractivity contribution in [3.05, 3.63) is 11.6 Å². The van der Waals surface area contributed by atoms with Gasteiger partial charge in [-0.15, -0.1) is 0 Å². The van der Waals surface area contributed by atoms with Crippen LogP contribution in [-0.4, -0.2) is 5.78 Å². The second kappa shape index (κ2) is 2.70. The zero-order chi connectivity index (χ0) is 9.64. The first-order valence-electron chi connectivity index (χ1n) is 5.26. The molecule has 2 atom stereocenters. The molecule has 0 aromatic rings. The van der Waals surface area contributed by atoms with E-state index in [4.69, 9.17) is 0 Å². The van der Waals surface area contributed by atoms with Crippen LogP contribution in [0.1, 0.15) is 40.0 Å². The molecule has 13 heavy (non-hydrogen) atoms. The van der Waals surface area contributed by atoms with Crippen molar-refractivity contribution in [3.8, 4) is 0 Å². The Morgan fingerprint density at radius 1 is 1.38 bits per heavy atom. The largest absolute Gasteiger partial charge is 0.294 e. The molecule has 1 fully saturated rings. The van der Waals surface area contributed by atoms with Gasteiger partial charge in [0, 0.05) is 5.41 Å². The van der Waals surface area contributed by atoms with Crippen LogP contribution in [0.5, 0.6) is 0 Å². The Morgan fingerprint density at radius 3 is 2.77 bits per heavy atom. The molecule has 1 saturated carbocycles. The summed E-state index contributed by atoms with van der Waals surface area (Å²) in [5, 5.41) is 0. The Bertz CT molecular complexity index is 273. The monoisotopic (exact) mass is 178 g/mol. The predicted molar refractivity (Wildman–Crippen MR) is 53.4 cm³/mol. The van der Waals surface area contributed by atoms with Gasteiger partial charge in [-0.25, -0.2) is 0 Å². The van der Waals surface area contributed by atoms with Crippen molar-refractivity contribution in [1.82, 2.24) is 0 Å². The van der Waals surface area contributed by atoms with Crippen LogP contribution in [0.4, 0.5) is 0 Å². The third-order valence-electron chi connectivity index (χ3n) is 4.02. The van der Waals surface area contributed by atoms with Gasteiger partial charge in [0.15, 0.2) is 5.78 Å². The summed E-state index contributed by atoms with van der Waals surface area (Å²) in [7, 11) is 0. The zero-order valence-electron chi connectivity index (χ0n) is 8.76. The third-order valence-corrected chi connectivity index (χ3v) is 4.02. The normalized spacial score (nSPS) is 37.2. The number of allylic oxidation sites excluding steroid dienone is 2. The fourth-order valence-electron chi connectivity index (χ4n) is 3.05. The van der Waals surface area contributed by atoms with Crippen LogP contribution in [0.2, 0.25) is 0 Å². The average molecular weight is 178 g/mol. The van der Waals surface area contributed by atoms with E-state index >= 15 is 0 Å².